The molecule has 32 heavy (non-hydrogen) atoms. The fourth-order valence-corrected chi connectivity index (χ4v) is 3.55. The predicted molar refractivity (Wildman–Crippen MR) is 126 cm³/mol. The molecule has 0 aliphatic carbocycles. The Morgan fingerprint density at radius 2 is 1.44 bits per heavy atom. The van der Waals surface area contributed by atoms with E-state index in [2.05, 4.69) is 12.2 Å². The zero-order valence-electron chi connectivity index (χ0n) is 18.7. The summed E-state index contributed by atoms with van der Waals surface area (Å²) in [6.45, 7) is 2.27. The lowest BCUT2D eigenvalue weighted by Gasteiger charge is -2.31. The maximum absolute atomic E-state index is 13.3. The first-order valence-electron chi connectivity index (χ1n) is 10.9. The van der Waals surface area contributed by atoms with Crippen molar-refractivity contribution in [3.05, 3.63) is 102 Å². The molecule has 0 radical (unpaired) electrons. The van der Waals surface area contributed by atoms with E-state index in [1.54, 1.807) is 11.9 Å². The average Bonchev–Trinajstić information content (AvgIpc) is 2.85. The molecule has 0 aromatic heterocycles. The summed E-state index contributed by atoms with van der Waals surface area (Å²) in [7, 11) is 1.59. The molecule has 3 rings (SSSR count). The Labute approximate surface area is 190 Å². The Kier molecular flexibility index (Phi) is 8.44. The Bertz CT molecular complexity index is 988. The largest absolute Gasteiger partial charge is 0.484 e. The van der Waals surface area contributed by atoms with Crippen LogP contribution in [0.5, 0.6) is 5.75 Å². The van der Waals surface area contributed by atoms with E-state index in [-0.39, 0.29) is 18.4 Å². The van der Waals surface area contributed by atoms with E-state index >= 15 is 0 Å². The average molecular weight is 431 g/mol. The van der Waals surface area contributed by atoms with Crippen molar-refractivity contribution in [1.82, 2.24) is 10.2 Å². The summed E-state index contributed by atoms with van der Waals surface area (Å²) >= 11 is 0. The molecule has 0 unspecified atom stereocenters. The molecule has 166 valence electrons. The summed E-state index contributed by atoms with van der Waals surface area (Å²) in [5, 5.41) is 2.72. The number of carbonyl (C=O) groups is 2. The number of amides is 2. The topological polar surface area (TPSA) is 58.6 Å². The van der Waals surface area contributed by atoms with Crippen LogP contribution in [0.25, 0.3) is 0 Å². The van der Waals surface area contributed by atoms with E-state index in [1.165, 1.54) is 5.56 Å². The summed E-state index contributed by atoms with van der Waals surface area (Å²) in [5.41, 5.74) is 3.15. The molecule has 0 spiro atoms. The van der Waals surface area contributed by atoms with Crippen LogP contribution in [-0.4, -0.2) is 36.4 Å². The number of aryl methyl sites for hydroxylation is 1. The lowest BCUT2D eigenvalue weighted by atomic mass is 10.0. The van der Waals surface area contributed by atoms with Crippen LogP contribution in [0.15, 0.2) is 84.9 Å². The SMILES string of the molecule is CCc1ccc(OCC(=O)N(Cc2ccccc2)[C@H](Cc2ccccc2)C(=O)NC)cc1. The molecule has 0 heterocycles. The van der Waals surface area contributed by atoms with E-state index in [4.69, 9.17) is 4.74 Å². The fraction of sp³-hybridized carbons (Fsp3) is 0.259. The number of benzene rings is 3. The first kappa shape index (κ1) is 23.1. The van der Waals surface area contributed by atoms with E-state index in [0.29, 0.717) is 18.7 Å². The molecule has 0 saturated heterocycles. The van der Waals surface area contributed by atoms with Crippen molar-refractivity contribution in [2.24, 2.45) is 0 Å². The molecule has 0 bridgehead atoms. The molecular weight excluding hydrogens is 400 g/mol. The van der Waals surface area contributed by atoms with Crippen LogP contribution in [-0.2, 0) is 29.0 Å². The molecule has 0 fully saturated rings. The van der Waals surface area contributed by atoms with Crippen molar-refractivity contribution in [3.63, 3.8) is 0 Å². The van der Waals surface area contributed by atoms with Gasteiger partial charge in [-0.15, -0.1) is 0 Å². The third-order valence-corrected chi connectivity index (χ3v) is 5.41. The molecular formula is C27H30N2O3. The van der Waals surface area contributed by atoms with Crippen LogP contribution >= 0.6 is 0 Å². The highest BCUT2D eigenvalue weighted by Gasteiger charge is 2.30. The van der Waals surface area contributed by atoms with Gasteiger partial charge in [0.15, 0.2) is 6.61 Å². The maximum atomic E-state index is 13.3. The summed E-state index contributed by atoms with van der Waals surface area (Å²) in [6.07, 6.45) is 1.36. The van der Waals surface area contributed by atoms with Gasteiger partial charge in [0.1, 0.15) is 11.8 Å². The highest BCUT2D eigenvalue weighted by molar-refractivity contribution is 5.88. The second-order valence-electron chi connectivity index (χ2n) is 7.61. The molecule has 5 heteroatoms. The lowest BCUT2D eigenvalue weighted by molar-refractivity contribution is -0.142. The fourth-order valence-electron chi connectivity index (χ4n) is 3.55. The van der Waals surface area contributed by atoms with Crippen LogP contribution in [0.4, 0.5) is 0 Å². The van der Waals surface area contributed by atoms with Gasteiger partial charge in [-0.2, -0.15) is 0 Å². The number of likely N-dealkylation sites (N-methyl/N-ethyl adjacent to an activating group) is 1. The minimum Gasteiger partial charge on any atom is -0.484 e. The number of hydrogen-bond acceptors (Lipinski definition) is 3. The van der Waals surface area contributed by atoms with Gasteiger partial charge >= 0.3 is 0 Å². The van der Waals surface area contributed by atoms with Gasteiger partial charge in [0.25, 0.3) is 5.91 Å². The van der Waals surface area contributed by atoms with Crippen LogP contribution < -0.4 is 10.1 Å². The molecule has 5 nitrogen and oxygen atoms in total. The third-order valence-electron chi connectivity index (χ3n) is 5.41. The van der Waals surface area contributed by atoms with Gasteiger partial charge in [-0.1, -0.05) is 79.7 Å². The van der Waals surface area contributed by atoms with Crippen molar-refractivity contribution in [2.75, 3.05) is 13.7 Å². The Morgan fingerprint density at radius 1 is 0.844 bits per heavy atom. The number of rotatable bonds is 10. The summed E-state index contributed by atoms with van der Waals surface area (Å²) < 4.78 is 5.78. The minimum atomic E-state index is -0.652. The molecule has 0 saturated carbocycles. The highest BCUT2D eigenvalue weighted by Crippen LogP contribution is 2.17. The number of nitrogens with zero attached hydrogens (tertiary/aromatic N) is 1. The van der Waals surface area contributed by atoms with Gasteiger partial charge in [0, 0.05) is 20.0 Å². The first-order valence-corrected chi connectivity index (χ1v) is 10.9. The monoisotopic (exact) mass is 430 g/mol. The number of nitrogens with one attached hydrogen (secondary N) is 1. The molecule has 1 N–H and O–H groups in total. The molecule has 1 atom stereocenters. The predicted octanol–water partition coefficient (Wildman–Crippen LogP) is 4.01. The number of ether oxygens (including phenoxy) is 1. The second kappa shape index (κ2) is 11.7. The molecule has 0 aliphatic heterocycles. The molecule has 3 aromatic rings. The highest BCUT2D eigenvalue weighted by atomic mass is 16.5. The van der Waals surface area contributed by atoms with E-state index < -0.39 is 6.04 Å². The normalized spacial score (nSPS) is 11.4. The zero-order valence-corrected chi connectivity index (χ0v) is 18.7. The number of carbonyl (C=O) groups excluding carboxylic acids is 2. The lowest BCUT2D eigenvalue weighted by Crippen LogP contribution is -2.51. The van der Waals surface area contributed by atoms with E-state index in [1.807, 2.05) is 84.9 Å². The van der Waals surface area contributed by atoms with E-state index in [9.17, 15) is 9.59 Å². The van der Waals surface area contributed by atoms with Gasteiger partial charge in [-0.3, -0.25) is 9.59 Å². The van der Waals surface area contributed by atoms with Crippen molar-refractivity contribution in [2.45, 2.75) is 32.4 Å². The van der Waals surface area contributed by atoms with Crippen LogP contribution in [0.3, 0.4) is 0 Å². The van der Waals surface area contributed by atoms with Gasteiger partial charge < -0.3 is 15.0 Å². The summed E-state index contributed by atoms with van der Waals surface area (Å²) in [5.74, 6) is 0.193. The Hall–Kier alpha value is -3.60. The maximum Gasteiger partial charge on any atom is 0.261 e. The Balaban J connectivity index is 1.82. The minimum absolute atomic E-state index is 0.138. The van der Waals surface area contributed by atoms with Gasteiger partial charge in [0.05, 0.1) is 0 Å². The van der Waals surface area contributed by atoms with Crippen molar-refractivity contribution in [3.8, 4) is 5.75 Å². The quantitative estimate of drug-likeness (QED) is 0.529. The Morgan fingerprint density at radius 3 is 2.00 bits per heavy atom. The van der Waals surface area contributed by atoms with Crippen molar-refractivity contribution in [1.29, 1.82) is 0 Å². The summed E-state index contributed by atoms with van der Waals surface area (Å²) in [4.78, 5) is 27.8. The van der Waals surface area contributed by atoms with Gasteiger partial charge in [0.2, 0.25) is 5.91 Å². The smallest absolute Gasteiger partial charge is 0.261 e. The molecule has 2 amide bonds. The zero-order chi connectivity index (χ0) is 22.8. The molecule has 3 aromatic carbocycles. The second-order valence-corrected chi connectivity index (χ2v) is 7.61. The number of hydrogen-bond donors (Lipinski definition) is 1. The van der Waals surface area contributed by atoms with E-state index in [0.717, 1.165) is 17.5 Å². The van der Waals surface area contributed by atoms with Crippen LogP contribution in [0.1, 0.15) is 23.6 Å². The summed E-state index contributed by atoms with van der Waals surface area (Å²) in [6, 6.07) is 26.5. The van der Waals surface area contributed by atoms with Crippen molar-refractivity contribution >= 4 is 11.8 Å². The van der Waals surface area contributed by atoms with Crippen LogP contribution in [0, 0.1) is 0 Å². The first-order chi connectivity index (χ1) is 15.6. The third kappa shape index (κ3) is 6.45. The van der Waals surface area contributed by atoms with Gasteiger partial charge in [-0.25, -0.2) is 0 Å². The van der Waals surface area contributed by atoms with Crippen LogP contribution in [0.2, 0.25) is 0 Å². The molecule has 0 aliphatic rings. The van der Waals surface area contributed by atoms with Gasteiger partial charge in [-0.05, 0) is 35.2 Å². The standard InChI is InChI=1S/C27H30N2O3/c1-3-21-14-16-24(17-15-21)32-20-26(30)29(19-23-12-8-5-9-13-23)25(27(31)28-2)18-22-10-6-4-7-11-22/h4-17,25H,3,18-20H2,1-2H3,(H,28,31)/t25-/m1/s1. The van der Waals surface area contributed by atoms with Crippen molar-refractivity contribution < 1.29 is 14.3 Å².